The number of hydrogen-bond acceptors (Lipinski definition) is 0. The molecule has 1 saturated carbocycles. The van der Waals surface area contributed by atoms with Crippen molar-refractivity contribution in [1.82, 2.24) is 0 Å². The maximum atomic E-state index is 3.71. The molecule has 0 nitrogen and oxygen atoms in total. The fourth-order valence-electron chi connectivity index (χ4n) is 1.23. The molecule has 0 unspecified atom stereocenters. The number of hydrogen-bond donors (Lipinski definition) is 0. The summed E-state index contributed by atoms with van der Waals surface area (Å²) < 4.78 is 0. The van der Waals surface area contributed by atoms with Crippen LogP contribution < -0.4 is 0 Å². The second-order valence-electron chi connectivity index (χ2n) is 2.35. The minimum Gasteiger partial charge on any atom is -0.164 e. The standard InChI is InChI=1S/C7H12S/c1-8-6-7-4-2-3-5-7/h6-7H,1-5H2. The van der Waals surface area contributed by atoms with E-state index in [-0.39, 0.29) is 0 Å². The van der Waals surface area contributed by atoms with Crippen molar-refractivity contribution in [2.45, 2.75) is 25.7 Å². The van der Waals surface area contributed by atoms with Crippen LogP contribution in [0.15, 0.2) is 0 Å². The maximum absolute atomic E-state index is 3.71. The summed E-state index contributed by atoms with van der Waals surface area (Å²) in [5.74, 6) is 4.60. The van der Waals surface area contributed by atoms with Gasteiger partial charge in [0.1, 0.15) is 0 Å². The molecule has 8 heavy (non-hydrogen) atoms. The lowest BCUT2D eigenvalue weighted by Crippen LogP contribution is -1.89. The summed E-state index contributed by atoms with van der Waals surface area (Å²) in [4.78, 5) is 0. The van der Waals surface area contributed by atoms with Crippen LogP contribution in [0.1, 0.15) is 25.7 Å². The normalized spacial score (nSPS) is 21.0. The molecule has 0 aromatic rings. The first kappa shape index (κ1) is 6.09. The van der Waals surface area contributed by atoms with Crippen molar-refractivity contribution in [1.29, 1.82) is 0 Å². The van der Waals surface area contributed by atoms with Crippen molar-refractivity contribution in [2.75, 3.05) is 0 Å². The first-order valence-corrected chi connectivity index (χ1v) is 4.22. The highest BCUT2D eigenvalue weighted by molar-refractivity contribution is 7.94. The zero-order chi connectivity index (χ0) is 5.82. The zero-order valence-corrected chi connectivity index (χ0v) is 5.91. The molecule has 0 aromatic heterocycles. The lowest BCUT2D eigenvalue weighted by atomic mass is 10.1. The summed E-state index contributed by atoms with van der Waals surface area (Å²) in [6.45, 7) is 0. The van der Waals surface area contributed by atoms with Crippen molar-refractivity contribution in [3.63, 3.8) is 0 Å². The molecule has 1 fully saturated rings. The average Bonchev–Trinajstić information content (AvgIpc) is 2.19. The molecule has 0 heterocycles. The van der Waals surface area contributed by atoms with Gasteiger partial charge in [-0.1, -0.05) is 12.8 Å². The molecular formula is C7H12S. The molecule has 0 saturated heterocycles. The van der Waals surface area contributed by atoms with Gasteiger partial charge in [0.15, 0.2) is 0 Å². The Bertz CT molecular complexity index is 106. The van der Waals surface area contributed by atoms with E-state index in [1.165, 1.54) is 25.7 Å². The van der Waals surface area contributed by atoms with E-state index in [9.17, 15) is 0 Å². The minimum atomic E-state index is 0.887. The van der Waals surface area contributed by atoms with Crippen LogP contribution in [0.5, 0.6) is 0 Å². The van der Waals surface area contributed by atoms with Crippen LogP contribution in [0.25, 0.3) is 0 Å². The van der Waals surface area contributed by atoms with Crippen LogP contribution in [-0.2, 0) is 0 Å². The van der Waals surface area contributed by atoms with Crippen LogP contribution in [-0.4, -0.2) is 11.2 Å². The molecule has 0 spiro atoms. The van der Waals surface area contributed by atoms with E-state index in [4.69, 9.17) is 0 Å². The van der Waals surface area contributed by atoms with Crippen LogP contribution >= 0.6 is 10.9 Å². The Morgan fingerprint density at radius 2 is 2.00 bits per heavy atom. The molecule has 0 N–H and O–H groups in total. The van der Waals surface area contributed by atoms with Gasteiger partial charge in [0.25, 0.3) is 0 Å². The summed E-state index contributed by atoms with van der Waals surface area (Å²) in [5, 5.41) is 2.27. The lowest BCUT2D eigenvalue weighted by molar-refractivity contribution is 0.753. The van der Waals surface area contributed by atoms with Gasteiger partial charge in [0.2, 0.25) is 0 Å². The highest BCUT2D eigenvalue weighted by atomic mass is 32.1. The summed E-state index contributed by atoms with van der Waals surface area (Å²) in [7, 11) is 1.62. The molecule has 1 rings (SSSR count). The quantitative estimate of drug-likeness (QED) is 0.475. The van der Waals surface area contributed by atoms with E-state index in [1.54, 1.807) is 10.9 Å². The fraction of sp³-hybridized carbons (Fsp3) is 0.714. The van der Waals surface area contributed by atoms with Crippen LogP contribution in [0.3, 0.4) is 0 Å². The molecule has 0 aromatic carbocycles. The first-order chi connectivity index (χ1) is 3.93. The Morgan fingerprint density at radius 1 is 1.38 bits per heavy atom. The topological polar surface area (TPSA) is 0 Å². The average molecular weight is 128 g/mol. The Kier molecular flexibility index (Phi) is 2.34. The summed E-state index contributed by atoms with van der Waals surface area (Å²) >= 11 is 0. The highest BCUT2D eigenvalue weighted by Gasteiger charge is 2.10. The molecular weight excluding hydrogens is 116 g/mol. The van der Waals surface area contributed by atoms with Crippen LogP contribution in [0.2, 0.25) is 0 Å². The molecule has 1 aliphatic rings. The van der Waals surface area contributed by atoms with Crippen LogP contribution in [0.4, 0.5) is 0 Å². The van der Waals surface area contributed by atoms with Gasteiger partial charge in [-0.3, -0.25) is 0 Å². The summed E-state index contributed by atoms with van der Waals surface area (Å²) in [6.07, 6.45) is 5.68. The zero-order valence-electron chi connectivity index (χ0n) is 5.10. The minimum absolute atomic E-state index is 0.887. The molecule has 0 bridgehead atoms. The molecule has 0 aliphatic heterocycles. The Labute approximate surface area is 54.5 Å². The molecule has 1 heteroatoms. The summed E-state index contributed by atoms with van der Waals surface area (Å²) in [5.41, 5.74) is 0. The van der Waals surface area contributed by atoms with E-state index >= 15 is 0 Å². The van der Waals surface area contributed by atoms with Crippen molar-refractivity contribution in [3.8, 4) is 0 Å². The Morgan fingerprint density at radius 3 is 2.50 bits per heavy atom. The summed E-state index contributed by atoms with van der Waals surface area (Å²) in [6, 6.07) is 0. The van der Waals surface area contributed by atoms with Crippen LogP contribution in [0, 0.1) is 5.92 Å². The van der Waals surface area contributed by atoms with Gasteiger partial charge in [-0.2, -0.15) is 10.9 Å². The smallest absolute Gasteiger partial charge is 0.0137 e. The van der Waals surface area contributed by atoms with Gasteiger partial charge in [-0.15, -0.1) is 0 Å². The lowest BCUT2D eigenvalue weighted by Gasteiger charge is -1.94. The van der Waals surface area contributed by atoms with Crippen molar-refractivity contribution < 1.29 is 0 Å². The van der Waals surface area contributed by atoms with E-state index in [1.807, 2.05) is 0 Å². The van der Waals surface area contributed by atoms with Crippen molar-refractivity contribution in [3.05, 3.63) is 0 Å². The number of rotatable bonds is 1. The van der Waals surface area contributed by atoms with E-state index in [2.05, 4.69) is 11.2 Å². The van der Waals surface area contributed by atoms with E-state index in [0.29, 0.717) is 0 Å². The second-order valence-corrected chi connectivity index (χ2v) is 2.95. The molecule has 0 atom stereocenters. The van der Waals surface area contributed by atoms with Gasteiger partial charge in [-0.25, -0.2) is 0 Å². The Hall–Kier alpha value is -0.0400. The SMILES string of the molecule is C=S=CC1CCCC1. The first-order valence-electron chi connectivity index (χ1n) is 3.17. The third-order valence-corrected chi connectivity index (χ3v) is 2.27. The van der Waals surface area contributed by atoms with E-state index in [0.717, 1.165) is 5.92 Å². The van der Waals surface area contributed by atoms with Gasteiger partial charge in [-0.05, 0) is 30.0 Å². The fourth-order valence-corrected chi connectivity index (χ4v) is 1.77. The van der Waals surface area contributed by atoms with Gasteiger partial charge in [0, 0.05) is 0 Å². The molecule has 0 radical (unpaired) electrons. The molecule has 1 aliphatic carbocycles. The maximum Gasteiger partial charge on any atom is -0.0137 e. The van der Waals surface area contributed by atoms with E-state index < -0.39 is 0 Å². The predicted octanol–water partition coefficient (Wildman–Crippen LogP) is 2.14. The largest absolute Gasteiger partial charge is 0.164 e. The second kappa shape index (κ2) is 3.08. The third-order valence-electron chi connectivity index (χ3n) is 1.69. The highest BCUT2D eigenvalue weighted by Crippen LogP contribution is 2.22. The van der Waals surface area contributed by atoms with Crippen molar-refractivity contribution >= 4 is 22.2 Å². The monoisotopic (exact) mass is 128 g/mol. The molecule has 0 amide bonds. The molecule has 46 valence electrons. The van der Waals surface area contributed by atoms with Gasteiger partial charge in [0.05, 0.1) is 0 Å². The third kappa shape index (κ3) is 1.48. The predicted molar refractivity (Wildman–Crippen MR) is 42.7 cm³/mol. The van der Waals surface area contributed by atoms with Crippen molar-refractivity contribution in [2.24, 2.45) is 5.92 Å². The van der Waals surface area contributed by atoms with Gasteiger partial charge < -0.3 is 0 Å². The van der Waals surface area contributed by atoms with Gasteiger partial charge >= 0.3 is 0 Å². The Balaban J connectivity index is 2.35.